The summed E-state index contributed by atoms with van der Waals surface area (Å²) in [5, 5.41) is 0.322. The van der Waals surface area contributed by atoms with E-state index in [9.17, 15) is 13.8 Å². The zero-order valence-corrected chi connectivity index (χ0v) is 14.6. The molecular weight excluding hydrogens is 357 g/mol. The van der Waals surface area contributed by atoms with Crippen molar-refractivity contribution in [1.82, 2.24) is 0 Å². The Morgan fingerprint density at radius 2 is 1.43 bits per heavy atom. The first-order valence-corrected chi connectivity index (χ1v) is 9.67. The number of nitrogens with zero attached hydrogens (tertiary/aromatic N) is 1. The maximum atomic E-state index is 12.9. The molecule has 0 aliphatic heterocycles. The molecule has 1 aliphatic carbocycles. The molecule has 7 heteroatoms. The molecule has 1 aliphatic rings. The summed E-state index contributed by atoms with van der Waals surface area (Å²) in [6.07, 6.45) is 2.92. The molecule has 2 aromatic rings. The summed E-state index contributed by atoms with van der Waals surface area (Å²) in [7, 11) is -2.49. The van der Waals surface area contributed by atoms with Gasteiger partial charge in [0, 0.05) is 27.8 Å². The van der Waals surface area contributed by atoms with Crippen molar-refractivity contribution >= 4 is 50.2 Å². The topological polar surface area (TPSA) is 63.6 Å². The second-order valence-electron chi connectivity index (χ2n) is 5.41. The molecule has 0 amide bonds. The Bertz CT molecular complexity index is 997. The van der Waals surface area contributed by atoms with Crippen LogP contribution in [0.3, 0.4) is 0 Å². The van der Waals surface area contributed by atoms with Gasteiger partial charge in [0.05, 0.1) is 32.4 Å². The van der Waals surface area contributed by atoms with Crippen molar-refractivity contribution in [3.63, 3.8) is 0 Å². The molecule has 0 N–H and O–H groups in total. The molecular formula is C16H11Cl2NO3S. The lowest BCUT2D eigenvalue weighted by atomic mass is 9.83. The van der Waals surface area contributed by atoms with Crippen LogP contribution in [0.4, 0.5) is 5.69 Å². The smallest absolute Gasteiger partial charge is 0.198 e. The molecule has 3 rings (SSSR count). The Morgan fingerprint density at radius 3 is 2.00 bits per heavy atom. The van der Waals surface area contributed by atoms with Crippen LogP contribution in [0.2, 0.25) is 10.0 Å². The van der Waals surface area contributed by atoms with Crippen LogP contribution >= 0.6 is 23.2 Å². The minimum absolute atomic E-state index is 0.0676. The number of benzene rings is 2. The third-order valence-electron chi connectivity index (χ3n) is 3.39. The van der Waals surface area contributed by atoms with E-state index in [1.807, 2.05) is 0 Å². The van der Waals surface area contributed by atoms with E-state index in [2.05, 4.69) is 4.36 Å². The van der Waals surface area contributed by atoms with Gasteiger partial charge in [-0.25, -0.2) is 4.21 Å². The highest BCUT2D eigenvalue weighted by Gasteiger charge is 2.35. The van der Waals surface area contributed by atoms with E-state index >= 15 is 0 Å². The van der Waals surface area contributed by atoms with E-state index in [0.717, 1.165) is 0 Å². The lowest BCUT2D eigenvalue weighted by molar-refractivity contribution is 0.0980. The molecule has 0 bridgehead atoms. The third-order valence-corrected chi connectivity index (χ3v) is 4.66. The van der Waals surface area contributed by atoms with Crippen LogP contribution in [0.1, 0.15) is 31.8 Å². The zero-order valence-electron chi connectivity index (χ0n) is 12.2. The summed E-state index contributed by atoms with van der Waals surface area (Å²) in [5.41, 5.74) is 0.695. The van der Waals surface area contributed by atoms with Gasteiger partial charge in [-0.3, -0.25) is 9.59 Å². The summed E-state index contributed by atoms with van der Waals surface area (Å²) in [6.45, 7) is 0. The molecule has 0 saturated carbocycles. The van der Waals surface area contributed by atoms with Crippen molar-refractivity contribution in [2.75, 3.05) is 12.5 Å². The highest BCUT2D eigenvalue weighted by molar-refractivity contribution is 7.92. The molecule has 118 valence electrons. The van der Waals surface area contributed by atoms with Crippen LogP contribution in [0.25, 0.3) is 0 Å². The van der Waals surface area contributed by atoms with Gasteiger partial charge < -0.3 is 0 Å². The standard InChI is InChI=1S/C16H11Cl2NO3S/c1-23(2,22)19-11-5-3-4-8-12(11)16(21)14-10(18)7-6-9(17)13(14)15(8)20/h3-7H,1-2H3. The zero-order chi connectivity index (χ0) is 16.9. The van der Waals surface area contributed by atoms with E-state index in [-0.39, 0.29) is 38.0 Å². The maximum absolute atomic E-state index is 12.9. The average Bonchev–Trinajstić information content (AvgIpc) is 2.45. The van der Waals surface area contributed by atoms with Gasteiger partial charge in [-0.2, -0.15) is 4.36 Å². The summed E-state index contributed by atoms with van der Waals surface area (Å²) < 4.78 is 16.1. The molecule has 0 heterocycles. The fourth-order valence-electron chi connectivity index (χ4n) is 2.54. The SMILES string of the molecule is CS(C)(=O)=Nc1cccc2c1C(=O)c1c(Cl)ccc(Cl)c1C2=O. The third kappa shape index (κ3) is 2.69. The first-order chi connectivity index (χ1) is 10.7. The first kappa shape index (κ1) is 16.2. The number of fused-ring (bicyclic) bond motifs is 2. The van der Waals surface area contributed by atoms with Crippen molar-refractivity contribution in [2.24, 2.45) is 4.36 Å². The first-order valence-electron chi connectivity index (χ1n) is 6.58. The Morgan fingerprint density at radius 1 is 0.870 bits per heavy atom. The van der Waals surface area contributed by atoms with E-state index in [1.54, 1.807) is 12.1 Å². The summed E-state index contributed by atoms with van der Waals surface area (Å²) in [4.78, 5) is 25.6. The van der Waals surface area contributed by atoms with Crippen molar-refractivity contribution in [3.05, 3.63) is 62.6 Å². The predicted molar refractivity (Wildman–Crippen MR) is 91.8 cm³/mol. The molecule has 0 unspecified atom stereocenters. The second-order valence-corrected chi connectivity index (χ2v) is 8.77. The number of carbonyl (C=O) groups is 2. The van der Waals surface area contributed by atoms with Gasteiger partial charge in [0.2, 0.25) is 0 Å². The van der Waals surface area contributed by atoms with Gasteiger partial charge in [-0.15, -0.1) is 0 Å². The van der Waals surface area contributed by atoms with Crippen molar-refractivity contribution in [3.8, 4) is 0 Å². The van der Waals surface area contributed by atoms with E-state index in [0.29, 0.717) is 0 Å². The highest BCUT2D eigenvalue weighted by atomic mass is 35.5. The van der Waals surface area contributed by atoms with Gasteiger partial charge in [-0.05, 0) is 18.2 Å². The molecule has 23 heavy (non-hydrogen) atoms. The minimum Gasteiger partial charge on any atom is -0.289 e. The molecule has 0 atom stereocenters. The maximum Gasteiger partial charge on any atom is 0.198 e. The summed E-state index contributed by atoms with van der Waals surface area (Å²) >= 11 is 12.2. The van der Waals surface area contributed by atoms with Crippen LogP contribution in [-0.4, -0.2) is 28.3 Å². The molecule has 2 aromatic carbocycles. The minimum atomic E-state index is -2.49. The quantitative estimate of drug-likeness (QED) is 0.649. The second kappa shape index (κ2) is 5.44. The van der Waals surface area contributed by atoms with Crippen molar-refractivity contribution < 1.29 is 13.8 Å². The molecule has 0 saturated heterocycles. The summed E-state index contributed by atoms with van der Waals surface area (Å²) in [5.74, 6) is -0.831. The fourth-order valence-corrected chi connectivity index (χ4v) is 3.65. The molecule has 0 radical (unpaired) electrons. The van der Waals surface area contributed by atoms with Gasteiger partial charge in [0.15, 0.2) is 11.6 Å². The molecule has 0 fully saturated rings. The Labute approximate surface area is 143 Å². The largest absolute Gasteiger partial charge is 0.289 e. The Kier molecular flexibility index (Phi) is 3.83. The lowest BCUT2D eigenvalue weighted by Crippen LogP contribution is -2.22. The number of halogens is 2. The van der Waals surface area contributed by atoms with Gasteiger partial charge in [-0.1, -0.05) is 35.3 Å². The van der Waals surface area contributed by atoms with E-state index in [4.69, 9.17) is 23.2 Å². The number of hydrogen-bond acceptors (Lipinski definition) is 4. The summed E-state index contributed by atoms with van der Waals surface area (Å²) in [6, 6.07) is 7.64. The Balaban J connectivity index is 2.40. The number of hydrogen-bond donors (Lipinski definition) is 0. The molecule has 4 nitrogen and oxygen atoms in total. The molecule has 0 aromatic heterocycles. The van der Waals surface area contributed by atoms with Crippen LogP contribution in [0.5, 0.6) is 0 Å². The predicted octanol–water partition coefficient (Wildman–Crippen LogP) is 4.13. The van der Waals surface area contributed by atoms with E-state index < -0.39 is 21.3 Å². The number of carbonyl (C=O) groups excluding carboxylic acids is 2. The molecule has 0 spiro atoms. The van der Waals surface area contributed by atoms with Gasteiger partial charge in [0.25, 0.3) is 0 Å². The van der Waals surface area contributed by atoms with Gasteiger partial charge >= 0.3 is 0 Å². The fraction of sp³-hybridized carbons (Fsp3) is 0.125. The van der Waals surface area contributed by atoms with Crippen molar-refractivity contribution in [2.45, 2.75) is 0 Å². The number of ketones is 2. The van der Waals surface area contributed by atoms with Crippen LogP contribution in [0, 0.1) is 0 Å². The van der Waals surface area contributed by atoms with Crippen LogP contribution in [0.15, 0.2) is 34.7 Å². The normalized spacial score (nSPS) is 13.6. The van der Waals surface area contributed by atoms with Crippen LogP contribution in [-0.2, 0) is 9.73 Å². The van der Waals surface area contributed by atoms with Crippen LogP contribution < -0.4 is 0 Å². The average molecular weight is 368 g/mol. The lowest BCUT2D eigenvalue weighted by Gasteiger charge is -2.20. The monoisotopic (exact) mass is 367 g/mol. The van der Waals surface area contributed by atoms with Crippen molar-refractivity contribution in [1.29, 1.82) is 0 Å². The number of rotatable bonds is 1. The highest BCUT2D eigenvalue weighted by Crippen LogP contribution is 2.39. The van der Waals surface area contributed by atoms with E-state index in [1.165, 1.54) is 30.7 Å². The Hall–Kier alpha value is -1.69. The van der Waals surface area contributed by atoms with Gasteiger partial charge in [0.1, 0.15) is 0 Å².